The van der Waals surface area contributed by atoms with E-state index >= 15 is 0 Å². The van der Waals surface area contributed by atoms with Gasteiger partial charge in [0.25, 0.3) is 0 Å². The minimum atomic E-state index is -0.320. The predicted molar refractivity (Wildman–Crippen MR) is 93.2 cm³/mol. The number of hydrogen-bond acceptors (Lipinski definition) is 1. The van der Waals surface area contributed by atoms with Crippen LogP contribution in [0.15, 0.2) is 60.2 Å². The molecule has 1 unspecified atom stereocenters. The Morgan fingerprint density at radius 1 is 1.43 bits per heavy atom. The van der Waals surface area contributed by atoms with E-state index in [2.05, 4.69) is 23.7 Å². The quantitative estimate of drug-likeness (QED) is 0.497. The number of allylic oxidation sites excluding steroid dienone is 4. The van der Waals surface area contributed by atoms with Crippen LogP contribution in [0, 0.1) is 23.6 Å². The number of benzene rings is 1. The second-order valence-electron chi connectivity index (χ2n) is 5.10. The average molecular weight is 311 g/mol. The van der Waals surface area contributed by atoms with E-state index in [4.69, 9.17) is 0 Å². The third-order valence-electron chi connectivity index (χ3n) is 3.47. The summed E-state index contributed by atoms with van der Waals surface area (Å²) in [5, 5.41) is 2.65. The van der Waals surface area contributed by atoms with Crippen LogP contribution < -0.4 is 5.32 Å². The van der Waals surface area contributed by atoms with Crippen molar-refractivity contribution >= 4 is 5.91 Å². The number of halogens is 1. The molecule has 120 valence electrons. The maximum Gasteiger partial charge on any atom is 0.247 e. The van der Waals surface area contributed by atoms with Gasteiger partial charge >= 0.3 is 0 Å². The lowest BCUT2D eigenvalue weighted by Crippen LogP contribution is -2.23. The van der Waals surface area contributed by atoms with E-state index in [9.17, 15) is 9.18 Å². The number of amides is 1. The Morgan fingerprint density at radius 2 is 2.17 bits per heavy atom. The van der Waals surface area contributed by atoms with Crippen molar-refractivity contribution in [3.63, 3.8) is 0 Å². The molecule has 0 bridgehead atoms. The predicted octanol–water partition coefficient (Wildman–Crippen LogP) is 4.01. The number of likely N-dealkylation sites (N-methyl/N-ethyl adjacent to an activating group) is 1. The second kappa shape index (κ2) is 9.42. The molecule has 1 aromatic rings. The Hall–Kier alpha value is -2.60. The standard InChI is InChI=1S/C20H22FNO/c1-5-15(3)19(20(23)22-4)13-12-16(6-2)10-11-17-8-7-9-18(21)14-17/h6-9,12-15H,2,5H2,1,3-4H3,(H,22,23). The Labute approximate surface area is 137 Å². The van der Waals surface area contributed by atoms with Gasteiger partial charge in [-0.05, 0) is 36.6 Å². The number of rotatable bonds is 5. The highest BCUT2D eigenvalue weighted by Crippen LogP contribution is 2.15. The fraction of sp³-hybridized carbons (Fsp3) is 0.250. The summed E-state index contributed by atoms with van der Waals surface area (Å²) in [4.78, 5) is 11.9. The molecule has 1 rings (SSSR count). The summed E-state index contributed by atoms with van der Waals surface area (Å²) >= 11 is 0. The highest BCUT2D eigenvalue weighted by Gasteiger charge is 2.12. The molecule has 0 aliphatic rings. The number of hydrogen-bond donors (Lipinski definition) is 1. The fourth-order valence-corrected chi connectivity index (χ4v) is 1.88. The maximum atomic E-state index is 13.1. The number of carbonyl (C=O) groups is 1. The molecule has 1 N–H and O–H groups in total. The van der Waals surface area contributed by atoms with Gasteiger partial charge in [-0.2, -0.15) is 0 Å². The lowest BCUT2D eigenvalue weighted by Gasteiger charge is -2.11. The fourth-order valence-electron chi connectivity index (χ4n) is 1.88. The summed E-state index contributed by atoms with van der Waals surface area (Å²) in [6.45, 7) is 7.76. The van der Waals surface area contributed by atoms with Crippen molar-refractivity contribution in [2.75, 3.05) is 7.05 Å². The van der Waals surface area contributed by atoms with E-state index in [0.29, 0.717) is 16.7 Å². The molecule has 23 heavy (non-hydrogen) atoms. The molecular formula is C20H22FNO. The van der Waals surface area contributed by atoms with Crippen molar-refractivity contribution < 1.29 is 9.18 Å². The van der Waals surface area contributed by atoms with E-state index in [-0.39, 0.29) is 17.6 Å². The van der Waals surface area contributed by atoms with Gasteiger partial charge in [-0.1, -0.05) is 50.5 Å². The molecule has 0 aromatic heterocycles. The zero-order valence-corrected chi connectivity index (χ0v) is 13.8. The Morgan fingerprint density at radius 3 is 2.74 bits per heavy atom. The van der Waals surface area contributed by atoms with Crippen molar-refractivity contribution in [3.8, 4) is 11.8 Å². The molecule has 0 saturated carbocycles. The molecule has 1 amide bonds. The van der Waals surface area contributed by atoms with Crippen molar-refractivity contribution in [1.29, 1.82) is 0 Å². The lowest BCUT2D eigenvalue weighted by atomic mass is 9.97. The molecule has 3 heteroatoms. The van der Waals surface area contributed by atoms with E-state index in [1.54, 1.807) is 37.4 Å². The molecule has 0 radical (unpaired) electrons. The minimum absolute atomic E-state index is 0.0999. The van der Waals surface area contributed by atoms with Crippen LogP contribution >= 0.6 is 0 Å². The van der Waals surface area contributed by atoms with Crippen LogP contribution in [0.4, 0.5) is 4.39 Å². The molecular weight excluding hydrogens is 289 g/mol. The maximum absolute atomic E-state index is 13.1. The van der Waals surface area contributed by atoms with Gasteiger partial charge in [-0.25, -0.2) is 4.39 Å². The molecule has 0 saturated heterocycles. The van der Waals surface area contributed by atoms with Gasteiger partial charge in [-0.3, -0.25) is 4.79 Å². The zero-order chi connectivity index (χ0) is 17.2. The van der Waals surface area contributed by atoms with Crippen molar-refractivity contribution in [3.05, 3.63) is 71.6 Å². The lowest BCUT2D eigenvalue weighted by molar-refractivity contribution is -0.117. The van der Waals surface area contributed by atoms with Gasteiger partial charge in [0, 0.05) is 23.8 Å². The highest BCUT2D eigenvalue weighted by molar-refractivity contribution is 5.94. The molecule has 0 aliphatic carbocycles. The summed E-state index contributed by atoms with van der Waals surface area (Å²) in [6.07, 6.45) is 6.01. The van der Waals surface area contributed by atoms with Crippen molar-refractivity contribution in [2.45, 2.75) is 20.3 Å². The SMILES string of the molecule is C=CC(C#Cc1cccc(F)c1)=CC=C(C(=O)NC)C(C)CC. The van der Waals surface area contributed by atoms with E-state index in [1.165, 1.54) is 12.1 Å². The Balaban J connectivity index is 3.08. The van der Waals surface area contributed by atoms with Crippen LogP contribution in [-0.4, -0.2) is 13.0 Å². The Bertz CT molecular complexity index is 689. The molecule has 0 aliphatic heterocycles. The largest absolute Gasteiger partial charge is 0.355 e. The van der Waals surface area contributed by atoms with Gasteiger partial charge < -0.3 is 5.32 Å². The average Bonchev–Trinajstić information content (AvgIpc) is 2.57. The van der Waals surface area contributed by atoms with Gasteiger partial charge in [-0.15, -0.1) is 0 Å². The molecule has 2 nitrogen and oxygen atoms in total. The first-order chi connectivity index (χ1) is 11.0. The Kier molecular flexibility index (Phi) is 7.56. The van der Waals surface area contributed by atoms with E-state index in [1.807, 2.05) is 13.8 Å². The second-order valence-corrected chi connectivity index (χ2v) is 5.10. The van der Waals surface area contributed by atoms with Crippen LogP contribution in [0.2, 0.25) is 0 Å². The third kappa shape index (κ3) is 5.96. The van der Waals surface area contributed by atoms with Crippen LogP contribution in [-0.2, 0) is 4.79 Å². The van der Waals surface area contributed by atoms with Crippen LogP contribution in [0.1, 0.15) is 25.8 Å². The van der Waals surface area contributed by atoms with Crippen molar-refractivity contribution in [2.24, 2.45) is 5.92 Å². The van der Waals surface area contributed by atoms with Gasteiger partial charge in [0.1, 0.15) is 5.82 Å². The van der Waals surface area contributed by atoms with Gasteiger partial charge in [0.15, 0.2) is 0 Å². The minimum Gasteiger partial charge on any atom is -0.355 e. The summed E-state index contributed by atoms with van der Waals surface area (Å²) in [5.74, 6) is 5.55. The zero-order valence-electron chi connectivity index (χ0n) is 13.8. The first kappa shape index (κ1) is 18.4. The summed E-state index contributed by atoms with van der Waals surface area (Å²) < 4.78 is 13.1. The van der Waals surface area contributed by atoms with E-state index < -0.39 is 0 Å². The molecule has 1 atom stereocenters. The van der Waals surface area contributed by atoms with Crippen molar-refractivity contribution in [1.82, 2.24) is 5.32 Å². The van der Waals surface area contributed by atoms with E-state index in [0.717, 1.165) is 6.42 Å². The first-order valence-electron chi connectivity index (χ1n) is 7.55. The molecule has 0 spiro atoms. The first-order valence-corrected chi connectivity index (χ1v) is 7.55. The monoisotopic (exact) mass is 311 g/mol. The molecule has 0 fully saturated rings. The number of carbonyl (C=O) groups excluding carboxylic acids is 1. The van der Waals surface area contributed by atoms with Gasteiger partial charge in [0.05, 0.1) is 0 Å². The molecule has 0 heterocycles. The molecule has 1 aromatic carbocycles. The van der Waals surface area contributed by atoms with Crippen LogP contribution in [0.3, 0.4) is 0 Å². The van der Waals surface area contributed by atoms with Gasteiger partial charge in [0.2, 0.25) is 5.91 Å². The number of nitrogens with one attached hydrogen (secondary N) is 1. The van der Waals surface area contributed by atoms with Crippen LogP contribution in [0.5, 0.6) is 0 Å². The summed E-state index contributed by atoms with van der Waals surface area (Å²) in [6, 6.07) is 6.10. The van der Waals surface area contributed by atoms with Crippen LogP contribution in [0.25, 0.3) is 0 Å². The third-order valence-corrected chi connectivity index (χ3v) is 3.47. The summed E-state index contributed by atoms with van der Waals surface area (Å²) in [5.41, 5.74) is 1.95. The topological polar surface area (TPSA) is 29.1 Å². The highest BCUT2D eigenvalue weighted by atomic mass is 19.1. The normalized spacial score (nSPS) is 12.9. The smallest absolute Gasteiger partial charge is 0.247 e. The summed E-state index contributed by atoms with van der Waals surface area (Å²) in [7, 11) is 1.61.